The molecule has 1 saturated carbocycles. The van der Waals surface area contributed by atoms with Crippen molar-refractivity contribution in [3.63, 3.8) is 0 Å². The van der Waals surface area contributed by atoms with Crippen molar-refractivity contribution in [1.29, 1.82) is 0 Å². The van der Waals surface area contributed by atoms with Crippen molar-refractivity contribution in [2.75, 3.05) is 10.8 Å². The number of benzene rings is 4. The highest BCUT2D eigenvalue weighted by molar-refractivity contribution is 7.92. The average Bonchev–Trinajstić information content (AvgIpc) is 3.56. The van der Waals surface area contributed by atoms with E-state index in [2.05, 4.69) is 5.32 Å². The second-order valence-electron chi connectivity index (χ2n) is 11.8. The van der Waals surface area contributed by atoms with Crippen molar-refractivity contribution >= 4 is 50.7 Å². The van der Waals surface area contributed by atoms with E-state index in [0.717, 1.165) is 53.2 Å². The molecule has 47 heavy (non-hydrogen) atoms. The predicted molar refractivity (Wildman–Crippen MR) is 183 cm³/mol. The van der Waals surface area contributed by atoms with Crippen molar-refractivity contribution in [3.05, 3.63) is 130 Å². The van der Waals surface area contributed by atoms with Gasteiger partial charge >= 0.3 is 0 Å². The Hall–Kier alpha value is -3.92. The minimum Gasteiger partial charge on any atom is -0.352 e. The summed E-state index contributed by atoms with van der Waals surface area (Å²) in [7, 11) is -4.30. The lowest BCUT2D eigenvalue weighted by Crippen LogP contribution is -2.54. The molecule has 1 aliphatic rings. The number of rotatable bonds is 12. The van der Waals surface area contributed by atoms with E-state index in [1.807, 2.05) is 37.3 Å². The van der Waals surface area contributed by atoms with E-state index in [1.165, 1.54) is 29.2 Å². The maximum absolute atomic E-state index is 14.6. The van der Waals surface area contributed by atoms with E-state index < -0.39 is 34.3 Å². The van der Waals surface area contributed by atoms with Gasteiger partial charge in [0, 0.05) is 29.1 Å². The third-order valence-corrected chi connectivity index (χ3v) is 10.7. The predicted octanol–water partition coefficient (Wildman–Crippen LogP) is 7.34. The minimum absolute atomic E-state index is 0.0190. The Kier molecular flexibility index (Phi) is 11.2. The molecule has 2 amide bonds. The van der Waals surface area contributed by atoms with E-state index in [1.54, 1.807) is 30.3 Å². The van der Waals surface area contributed by atoms with Crippen LogP contribution in [-0.2, 0) is 32.6 Å². The summed E-state index contributed by atoms with van der Waals surface area (Å²) in [4.78, 5) is 30.0. The lowest BCUT2D eigenvalue weighted by molar-refractivity contribution is -0.140. The number of nitrogens with one attached hydrogen (secondary N) is 1. The number of anilines is 1. The van der Waals surface area contributed by atoms with Crippen LogP contribution >= 0.6 is 23.2 Å². The molecule has 0 aromatic heterocycles. The Bertz CT molecular complexity index is 1800. The number of hydrogen-bond donors (Lipinski definition) is 1. The SMILES string of the molecule is Cc1ccc(S(=O)(=O)N(CC(=O)N(Cc2ccc(Cl)cc2Cl)[C@@H](Cc2ccccc2)C(=O)NC2CCCC2)c2ccc(F)cc2)cc1. The van der Waals surface area contributed by atoms with Gasteiger partial charge < -0.3 is 10.2 Å². The van der Waals surface area contributed by atoms with Gasteiger partial charge in [0.05, 0.1) is 10.6 Å². The van der Waals surface area contributed by atoms with Crippen LogP contribution in [0.3, 0.4) is 0 Å². The standard InChI is InChI=1S/C36H36Cl2FN3O4S/c1-25-11-19-32(20-12-25)47(45,46)42(31-17-15-29(39)16-18-31)24-35(43)41(23-27-13-14-28(37)22-33(27)38)34(21-26-7-3-2-4-8-26)36(44)40-30-9-5-6-10-30/h2-4,7-8,11-20,22,30,34H,5-6,9-10,21,23-24H2,1H3,(H,40,44)/t34-/m0/s1. The van der Waals surface area contributed by atoms with Gasteiger partial charge in [0.2, 0.25) is 11.8 Å². The minimum atomic E-state index is -4.30. The second-order valence-corrected chi connectivity index (χ2v) is 14.5. The molecule has 7 nitrogen and oxygen atoms in total. The first kappa shape index (κ1) is 34.4. The molecular weight excluding hydrogens is 660 g/mol. The number of carbonyl (C=O) groups is 2. The number of nitrogens with zero attached hydrogens (tertiary/aromatic N) is 2. The molecule has 1 aliphatic carbocycles. The monoisotopic (exact) mass is 695 g/mol. The topological polar surface area (TPSA) is 86.8 Å². The van der Waals surface area contributed by atoms with Crippen molar-refractivity contribution < 1.29 is 22.4 Å². The Labute approximate surface area is 285 Å². The fourth-order valence-electron chi connectivity index (χ4n) is 5.73. The van der Waals surface area contributed by atoms with Gasteiger partial charge in [-0.1, -0.05) is 90.1 Å². The summed E-state index contributed by atoms with van der Waals surface area (Å²) in [5.74, 6) is -1.54. The van der Waals surface area contributed by atoms with E-state index in [9.17, 15) is 22.4 Å². The van der Waals surface area contributed by atoms with Crippen molar-refractivity contribution in [2.24, 2.45) is 0 Å². The summed E-state index contributed by atoms with van der Waals surface area (Å²) in [5.41, 5.74) is 2.31. The van der Waals surface area contributed by atoms with E-state index in [4.69, 9.17) is 23.2 Å². The maximum Gasteiger partial charge on any atom is 0.264 e. The molecule has 5 rings (SSSR count). The van der Waals surface area contributed by atoms with Crippen LogP contribution in [0.4, 0.5) is 10.1 Å². The fourth-order valence-corrected chi connectivity index (χ4v) is 7.61. The number of aryl methyl sites for hydroxylation is 1. The number of hydrogen-bond acceptors (Lipinski definition) is 4. The molecule has 0 unspecified atom stereocenters. The van der Waals surface area contributed by atoms with Crippen LogP contribution in [-0.4, -0.2) is 43.8 Å². The molecule has 0 radical (unpaired) electrons. The number of halogens is 3. The summed E-state index contributed by atoms with van der Waals surface area (Å²) in [5, 5.41) is 3.84. The van der Waals surface area contributed by atoms with Gasteiger partial charge in [0.25, 0.3) is 10.0 Å². The van der Waals surface area contributed by atoms with Crippen molar-refractivity contribution in [3.8, 4) is 0 Å². The number of amides is 2. The van der Waals surface area contributed by atoms with E-state index in [0.29, 0.717) is 15.6 Å². The van der Waals surface area contributed by atoms with Crippen LogP contribution in [0, 0.1) is 12.7 Å². The van der Waals surface area contributed by atoms with Gasteiger partial charge in [-0.15, -0.1) is 0 Å². The highest BCUT2D eigenvalue weighted by Crippen LogP contribution is 2.28. The molecule has 0 saturated heterocycles. The van der Waals surface area contributed by atoms with Gasteiger partial charge in [0.1, 0.15) is 18.4 Å². The van der Waals surface area contributed by atoms with Crippen LogP contribution in [0.2, 0.25) is 10.0 Å². The van der Waals surface area contributed by atoms with Crippen molar-refractivity contribution in [2.45, 2.75) is 62.6 Å². The first-order valence-electron chi connectivity index (χ1n) is 15.4. The summed E-state index contributed by atoms with van der Waals surface area (Å²) in [6.07, 6.45) is 3.86. The first-order valence-corrected chi connectivity index (χ1v) is 17.6. The molecule has 4 aromatic carbocycles. The molecule has 4 aromatic rings. The van der Waals surface area contributed by atoms with E-state index in [-0.39, 0.29) is 35.5 Å². The highest BCUT2D eigenvalue weighted by atomic mass is 35.5. The molecule has 1 N–H and O–H groups in total. The second kappa shape index (κ2) is 15.3. The smallest absolute Gasteiger partial charge is 0.264 e. The number of sulfonamides is 1. The molecule has 0 bridgehead atoms. The Balaban J connectivity index is 1.58. The largest absolute Gasteiger partial charge is 0.352 e. The fraction of sp³-hybridized carbons (Fsp3) is 0.278. The van der Waals surface area contributed by atoms with E-state index >= 15 is 0 Å². The molecule has 246 valence electrons. The van der Waals surface area contributed by atoms with Gasteiger partial charge in [0.15, 0.2) is 0 Å². The Morgan fingerprint density at radius 3 is 2.21 bits per heavy atom. The quantitative estimate of drug-likeness (QED) is 0.168. The Morgan fingerprint density at radius 1 is 0.915 bits per heavy atom. The summed E-state index contributed by atoms with van der Waals surface area (Å²) < 4.78 is 43.1. The average molecular weight is 697 g/mol. The van der Waals surface area contributed by atoms with Crippen LogP contribution < -0.4 is 9.62 Å². The van der Waals surface area contributed by atoms with Crippen LogP contribution in [0.25, 0.3) is 0 Å². The van der Waals surface area contributed by atoms with Gasteiger partial charge in [-0.25, -0.2) is 12.8 Å². The van der Waals surface area contributed by atoms with Crippen LogP contribution in [0.5, 0.6) is 0 Å². The molecule has 1 fully saturated rings. The van der Waals surface area contributed by atoms with Gasteiger partial charge in [-0.2, -0.15) is 0 Å². The first-order chi connectivity index (χ1) is 22.5. The molecule has 0 spiro atoms. The zero-order valence-corrected chi connectivity index (χ0v) is 28.2. The van der Waals surface area contributed by atoms with Crippen LogP contribution in [0.1, 0.15) is 42.4 Å². The lowest BCUT2D eigenvalue weighted by Gasteiger charge is -2.34. The lowest BCUT2D eigenvalue weighted by atomic mass is 10.0. The third-order valence-electron chi connectivity index (χ3n) is 8.33. The summed E-state index contributed by atoms with van der Waals surface area (Å²) in [6.45, 7) is 1.09. The highest BCUT2D eigenvalue weighted by Gasteiger charge is 2.36. The molecule has 0 heterocycles. The normalized spacial score (nSPS) is 14.0. The van der Waals surface area contributed by atoms with Gasteiger partial charge in [-0.3, -0.25) is 13.9 Å². The zero-order chi connectivity index (χ0) is 33.6. The summed E-state index contributed by atoms with van der Waals surface area (Å²) >= 11 is 12.7. The third kappa shape index (κ3) is 8.71. The number of carbonyl (C=O) groups excluding carboxylic acids is 2. The van der Waals surface area contributed by atoms with Gasteiger partial charge in [-0.05, 0) is 79.4 Å². The van der Waals surface area contributed by atoms with Crippen molar-refractivity contribution in [1.82, 2.24) is 10.2 Å². The molecule has 1 atom stereocenters. The molecule has 11 heteroatoms. The Morgan fingerprint density at radius 2 is 1.57 bits per heavy atom. The summed E-state index contributed by atoms with van der Waals surface area (Å²) in [6, 6.07) is 24.3. The zero-order valence-electron chi connectivity index (χ0n) is 25.9. The van der Waals surface area contributed by atoms with Crippen LogP contribution in [0.15, 0.2) is 102 Å². The molecule has 0 aliphatic heterocycles. The molecular formula is C36H36Cl2FN3O4S. The maximum atomic E-state index is 14.6.